The van der Waals surface area contributed by atoms with Gasteiger partial charge in [-0.1, -0.05) is 45.9 Å². The fraction of sp³-hybridized carbons (Fsp3) is 0.111. The molecule has 0 aliphatic heterocycles. The highest BCUT2D eigenvalue weighted by atomic mass is 79.9. The number of aromatic amines is 1. The Kier molecular flexibility index (Phi) is 5.71. The smallest absolute Gasteiger partial charge is 0.237 e. The van der Waals surface area contributed by atoms with Crippen LogP contribution in [0.2, 0.25) is 0 Å². The summed E-state index contributed by atoms with van der Waals surface area (Å²) in [5.41, 5.74) is 2.10. The van der Waals surface area contributed by atoms with E-state index in [2.05, 4.69) is 36.4 Å². The Bertz CT molecular complexity index is 964. The van der Waals surface area contributed by atoms with Crippen molar-refractivity contribution in [1.82, 2.24) is 15.2 Å². The molecule has 8 heteroatoms. The van der Waals surface area contributed by atoms with E-state index in [4.69, 9.17) is 5.26 Å². The molecule has 1 heterocycles. The third-order valence-corrected chi connectivity index (χ3v) is 5.18. The Balaban J connectivity index is 1.64. The molecule has 130 valence electrons. The van der Waals surface area contributed by atoms with Gasteiger partial charge in [0.05, 0.1) is 16.9 Å². The van der Waals surface area contributed by atoms with E-state index in [1.165, 1.54) is 11.8 Å². The van der Waals surface area contributed by atoms with Gasteiger partial charge in [0.25, 0.3) is 0 Å². The first-order valence-electron chi connectivity index (χ1n) is 7.72. The van der Waals surface area contributed by atoms with E-state index in [0.29, 0.717) is 22.2 Å². The fourth-order valence-corrected chi connectivity index (χ4v) is 3.35. The van der Waals surface area contributed by atoms with Gasteiger partial charge in [0, 0.05) is 15.7 Å². The Labute approximate surface area is 163 Å². The molecule has 0 saturated heterocycles. The predicted molar refractivity (Wildman–Crippen MR) is 105 cm³/mol. The number of carbonyl (C=O) groups excluding carboxylic acids is 1. The van der Waals surface area contributed by atoms with Crippen molar-refractivity contribution in [2.75, 3.05) is 5.32 Å². The lowest BCUT2D eigenvalue weighted by molar-refractivity contribution is -0.115. The van der Waals surface area contributed by atoms with Crippen LogP contribution < -0.4 is 5.32 Å². The number of hydrogen-bond donors (Lipinski definition) is 2. The second-order valence-electron chi connectivity index (χ2n) is 5.38. The Morgan fingerprint density at radius 1 is 1.27 bits per heavy atom. The third-order valence-electron chi connectivity index (χ3n) is 3.53. The second kappa shape index (κ2) is 8.17. The van der Waals surface area contributed by atoms with Gasteiger partial charge in [0.2, 0.25) is 11.1 Å². The van der Waals surface area contributed by atoms with Gasteiger partial charge >= 0.3 is 0 Å². The molecule has 0 spiro atoms. The highest BCUT2D eigenvalue weighted by Crippen LogP contribution is 2.27. The zero-order valence-electron chi connectivity index (χ0n) is 13.7. The second-order valence-corrected chi connectivity index (χ2v) is 7.55. The monoisotopic (exact) mass is 427 g/mol. The number of nitrogens with one attached hydrogen (secondary N) is 2. The van der Waals surface area contributed by atoms with Crippen molar-refractivity contribution >= 4 is 39.3 Å². The molecule has 1 unspecified atom stereocenters. The minimum Gasteiger partial charge on any atom is -0.325 e. The minimum atomic E-state index is -0.381. The summed E-state index contributed by atoms with van der Waals surface area (Å²) in [7, 11) is 0. The molecule has 3 rings (SSSR count). The number of thioether (sulfide) groups is 1. The summed E-state index contributed by atoms with van der Waals surface area (Å²) in [4.78, 5) is 16.8. The van der Waals surface area contributed by atoms with E-state index in [0.717, 1.165) is 10.0 Å². The summed E-state index contributed by atoms with van der Waals surface area (Å²) >= 11 is 4.75. The van der Waals surface area contributed by atoms with Gasteiger partial charge in [-0.3, -0.25) is 9.89 Å². The van der Waals surface area contributed by atoms with Crippen molar-refractivity contribution in [2.45, 2.75) is 17.3 Å². The number of anilines is 1. The van der Waals surface area contributed by atoms with Crippen LogP contribution in [0.15, 0.2) is 58.2 Å². The Morgan fingerprint density at radius 2 is 2.00 bits per heavy atom. The first-order chi connectivity index (χ1) is 12.6. The van der Waals surface area contributed by atoms with E-state index in [-0.39, 0.29) is 11.2 Å². The van der Waals surface area contributed by atoms with Gasteiger partial charge < -0.3 is 5.32 Å². The van der Waals surface area contributed by atoms with Crippen LogP contribution in [0.5, 0.6) is 0 Å². The average molecular weight is 428 g/mol. The number of nitrogens with zero attached hydrogens (tertiary/aromatic N) is 3. The van der Waals surface area contributed by atoms with Crippen LogP contribution in [-0.2, 0) is 4.79 Å². The largest absolute Gasteiger partial charge is 0.325 e. The van der Waals surface area contributed by atoms with E-state index in [9.17, 15) is 4.79 Å². The van der Waals surface area contributed by atoms with E-state index in [1.54, 1.807) is 31.2 Å². The molecular formula is C18H14BrN5OS. The Hall–Kier alpha value is -2.63. The van der Waals surface area contributed by atoms with Gasteiger partial charge in [-0.15, -0.1) is 5.10 Å². The van der Waals surface area contributed by atoms with Crippen LogP contribution in [0.4, 0.5) is 5.69 Å². The van der Waals surface area contributed by atoms with Crippen molar-refractivity contribution in [2.24, 2.45) is 0 Å². The highest BCUT2D eigenvalue weighted by molar-refractivity contribution is 9.10. The third kappa shape index (κ3) is 4.31. The number of H-pyrrole nitrogens is 1. The molecule has 0 aliphatic carbocycles. The topological polar surface area (TPSA) is 94.5 Å². The van der Waals surface area contributed by atoms with Crippen molar-refractivity contribution in [1.29, 1.82) is 5.26 Å². The van der Waals surface area contributed by atoms with Crippen LogP contribution >= 0.6 is 27.7 Å². The number of carbonyl (C=O) groups is 1. The van der Waals surface area contributed by atoms with Crippen LogP contribution in [0.3, 0.4) is 0 Å². The minimum absolute atomic E-state index is 0.160. The predicted octanol–water partition coefficient (Wildman–Crippen LogP) is 4.23. The Morgan fingerprint density at radius 3 is 2.69 bits per heavy atom. The maximum absolute atomic E-state index is 12.3. The van der Waals surface area contributed by atoms with Crippen LogP contribution in [0.1, 0.15) is 12.5 Å². The summed E-state index contributed by atoms with van der Waals surface area (Å²) in [6.07, 6.45) is 0. The number of aromatic nitrogens is 3. The van der Waals surface area contributed by atoms with Crippen molar-refractivity contribution in [3.63, 3.8) is 0 Å². The summed E-state index contributed by atoms with van der Waals surface area (Å²) in [5.74, 6) is 0.478. The van der Waals surface area contributed by atoms with Gasteiger partial charge in [-0.05, 0) is 37.3 Å². The number of nitriles is 1. The molecule has 2 aromatic carbocycles. The molecule has 6 nitrogen and oxygen atoms in total. The lowest BCUT2D eigenvalue weighted by Crippen LogP contribution is -2.22. The lowest BCUT2D eigenvalue weighted by atomic mass is 10.2. The maximum Gasteiger partial charge on any atom is 0.237 e. The molecule has 0 fully saturated rings. The molecule has 0 bridgehead atoms. The van der Waals surface area contributed by atoms with Crippen molar-refractivity contribution in [3.05, 3.63) is 58.6 Å². The molecule has 0 radical (unpaired) electrons. The zero-order valence-corrected chi connectivity index (χ0v) is 16.1. The SMILES string of the molecule is CC(Sc1n[nH]c(-c2ccccc2Br)n1)C(=O)Nc1ccc(C#N)cc1. The molecular weight excluding hydrogens is 414 g/mol. The van der Waals surface area contributed by atoms with Crippen LogP contribution in [-0.4, -0.2) is 26.3 Å². The summed E-state index contributed by atoms with van der Waals surface area (Å²) in [6, 6.07) is 16.5. The van der Waals surface area contributed by atoms with E-state index in [1.807, 2.05) is 30.3 Å². The number of halogens is 1. The number of amides is 1. The molecule has 26 heavy (non-hydrogen) atoms. The van der Waals surface area contributed by atoms with Gasteiger partial charge in [0.15, 0.2) is 5.82 Å². The van der Waals surface area contributed by atoms with E-state index < -0.39 is 0 Å². The average Bonchev–Trinajstić information content (AvgIpc) is 3.11. The van der Waals surface area contributed by atoms with Crippen molar-refractivity contribution in [3.8, 4) is 17.5 Å². The summed E-state index contributed by atoms with van der Waals surface area (Å²) < 4.78 is 0.916. The lowest BCUT2D eigenvalue weighted by Gasteiger charge is -2.10. The van der Waals surface area contributed by atoms with Crippen LogP contribution in [0.25, 0.3) is 11.4 Å². The highest BCUT2D eigenvalue weighted by Gasteiger charge is 2.18. The molecule has 0 saturated carbocycles. The van der Waals surface area contributed by atoms with Gasteiger partial charge in [-0.2, -0.15) is 5.26 Å². The zero-order chi connectivity index (χ0) is 18.5. The first-order valence-corrected chi connectivity index (χ1v) is 9.39. The fourth-order valence-electron chi connectivity index (χ4n) is 2.16. The number of benzene rings is 2. The molecule has 2 N–H and O–H groups in total. The standard InChI is InChI=1S/C18H14BrN5OS/c1-11(17(25)21-13-8-6-12(10-20)7-9-13)26-18-22-16(23-24-18)14-4-2-3-5-15(14)19/h2-9,11H,1H3,(H,21,25)(H,22,23,24). The molecule has 3 aromatic rings. The maximum atomic E-state index is 12.3. The quantitative estimate of drug-likeness (QED) is 0.594. The number of rotatable bonds is 5. The molecule has 1 aromatic heterocycles. The molecule has 1 atom stereocenters. The van der Waals surface area contributed by atoms with Gasteiger partial charge in [0.1, 0.15) is 0 Å². The normalized spacial score (nSPS) is 11.6. The summed E-state index contributed by atoms with van der Waals surface area (Å²) in [5, 5.41) is 18.8. The first kappa shape index (κ1) is 18.2. The van der Waals surface area contributed by atoms with E-state index >= 15 is 0 Å². The van der Waals surface area contributed by atoms with Crippen LogP contribution in [0, 0.1) is 11.3 Å². The summed E-state index contributed by atoms with van der Waals surface area (Å²) in [6.45, 7) is 1.79. The molecule has 1 amide bonds. The van der Waals surface area contributed by atoms with Gasteiger partial charge in [-0.25, -0.2) is 4.98 Å². The molecule has 0 aliphatic rings. The number of hydrogen-bond acceptors (Lipinski definition) is 5. The van der Waals surface area contributed by atoms with Crippen molar-refractivity contribution < 1.29 is 4.79 Å².